The van der Waals surface area contributed by atoms with Gasteiger partial charge in [-0.15, -0.1) is 0 Å². The van der Waals surface area contributed by atoms with Gasteiger partial charge in [-0.2, -0.15) is 0 Å². The third kappa shape index (κ3) is 5.09. The van der Waals surface area contributed by atoms with Gasteiger partial charge in [0.1, 0.15) is 0 Å². The molecule has 1 amide bonds. The van der Waals surface area contributed by atoms with Crippen molar-refractivity contribution >= 4 is 45.8 Å². The number of allylic oxidation sites excluding steroid dienone is 1. The minimum absolute atomic E-state index is 0.00917. The quantitative estimate of drug-likeness (QED) is 0.378. The number of hydrogen-bond donors (Lipinski definition) is 2. The summed E-state index contributed by atoms with van der Waals surface area (Å²) in [6.45, 7) is 5.27. The fourth-order valence-corrected chi connectivity index (χ4v) is 2.43. The summed E-state index contributed by atoms with van der Waals surface area (Å²) in [6, 6.07) is 0. The van der Waals surface area contributed by atoms with Gasteiger partial charge in [0, 0.05) is 12.3 Å². The monoisotopic (exact) mass is 301 g/mol. The molecule has 0 aromatic rings. The van der Waals surface area contributed by atoms with E-state index in [0.717, 1.165) is 12.3 Å². The zero-order chi connectivity index (χ0) is 14.4. The second-order valence-electron chi connectivity index (χ2n) is 3.91. The van der Waals surface area contributed by atoms with E-state index in [1.807, 2.05) is 0 Å². The lowest BCUT2D eigenvalue weighted by Crippen LogP contribution is -2.45. The molecule has 0 bridgehead atoms. The van der Waals surface area contributed by atoms with Crippen molar-refractivity contribution in [1.82, 2.24) is 15.8 Å². The first kappa shape index (κ1) is 15.8. The Balaban J connectivity index is 2.24. The molecule has 1 aliphatic rings. The highest BCUT2D eigenvalue weighted by Gasteiger charge is 2.18. The summed E-state index contributed by atoms with van der Waals surface area (Å²) in [7, 11) is 0. The lowest BCUT2D eigenvalue weighted by Gasteiger charge is -2.17. The third-order valence-corrected chi connectivity index (χ3v) is 3.71. The van der Waals surface area contributed by atoms with Crippen LogP contribution in [0.25, 0.3) is 0 Å². The molecule has 0 unspecified atom stereocenters. The second kappa shape index (κ2) is 7.37. The number of rotatable bonds is 7. The number of thiocarbonyl (C=S) groups is 1. The van der Waals surface area contributed by atoms with Crippen molar-refractivity contribution in [2.24, 2.45) is 0 Å². The van der Waals surface area contributed by atoms with Crippen molar-refractivity contribution in [3.8, 4) is 0 Å². The van der Waals surface area contributed by atoms with Crippen molar-refractivity contribution in [2.45, 2.75) is 6.92 Å². The summed E-state index contributed by atoms with van der Waals surface area (Å²) in [4.78, 5) is 34.0. The van der Waals surface area contributed by atoms with Gasteiger partial charge in [0.25, 0.3) is 0 Å². The van der Waals surface area contributed by atoms with Crippen molar-refractivity contribution in [2.75, 3.05) is 25.4 Å². The summed E-state index contributed by atoms with van der Waals surface area (Å²) in [5.41, 5.74) is 3.02. The lowest BCUT2D eigenvalue weighted by molar-refractivity contribution is -0.134. The largest absolute Gasteiger partial charge is 0.347 e. The molecule has 0 aromatic heterocycles. The van der Waals surface area contributed by atoms with Crippen LogP contribution < -0.4 is 10.7 Å². The lowest BCUT2D eigenvalue weighted by atomic mass is 10.1. The summed E-state index contributed by atoms with van der Waals surface area (Å²) in [5.74, 6) is -0.819. The van der Waals surface area contributed by atoms with Gasteiger partial charge in [-0.25, -0.2) is 5.43 Å². The molecule has 0 aliphatic carbocycles. The molecular formula is C11H15N3O3S2. The molecule has 1 rings (SSSR count). The van der Waals surface area contributed by atoms with Crippen LogP contribution in [0.15, 0.2) is 12.2 Å². The van der Waals surface area contributed by atoms with E-state index in [1.165, 1.54) is 18.7 Å². The molecule has 1 aliphatic heterocycles. The number of Topliss-reactive ketones (excluding diaryl/α,β-unsaturated/α-hetero) is 2. The second-order valence-corrected chi connectivity index (χ2v) is 5.64. The van der Waals surface area contributed by atoms with Crippen LogP contribution in [0.2, 0.25) is 0 Å². The fraction of sp³-hybridized carbons (Fsp3) is 0.455. The van der Waals surface area contributed by atoms with Gasteiger partial charge in [0.05, 0.1) is 13.1 Å². The van der Waals surface area contributed by atoms with E-state index in [9.17, 15) is 14.4 Å². The van der Waals surface area contributed by atoms with E-state index < -0.39 is 11.6 Å². The van der Waals surface area contributed by atoms with Crippen LogP contribution in [0, 0.1) is 0 Å². The molecule has 2 N–H and O–H groups in total. The van der Waals surface area contributed by atoms with Gasteiger partial charge in [-0.3, -0.25) is 19.4 Å². The zero-order valence-electron chi connectivity index (χ0n) is 10.5. The highest BCUT2D eigenvalue weighted by atomic mass is 32.2. The average molecular weight is 301 g/mol. The molecule has 0 radical (unpaired) electrons. The number of hydrogen-bond acceptors (Lipinski definition) is 6. The summed E-state index contributed by atoms with van der Waals surface area (Å²) < 4.78 is 0.696. The minimum Gasteiger partial charge on any atom is -0.347 e. The maximum absolute atomic E-state index is 11.5. The zero-order valence-corrected chi connectivity index (χ0v) is 12.2. The van der Waals surface area contributed by atoms with Crippen LogP contribution in [0.5, 0.6) is 0 Å². The Labute approximate surface area is 120 Å². The summed E-state index contributed by atoms with van der Waals surface area (Å²) >= 11 is 6.58. The van der Waals surface area contributed by atoms with Crippen molar-refractivity contribution < 1.29 is 14.4 Å². The van der Waals surface area contributed by atoms with Crippen LogP contribution in [0.1, 0.15) is 6.92 Å². The normalized spacial score (nSPS) is 14.4. The molecule has 6 nitrogen and oxygen atoms in total. The van der Waals surface area contributed by atoms with Crippen molar-refractivity contribution in [1.29, 1.82) is 0 Å². The molecule has 1 fully saturated rings. The Bertz CT molecular complexity index is 437. The first-order valence-corrected chi connectivity index (χ1v) is 6.98. The first-order valence-electron chi connectivity index (χ1n) is 5.59. The number of carbonyl (C=O) groups is 3. The van der Waals surface area contributed by atoms with E-state index in [2.05, 4.69) is 17.3 Å². The van der Waals surface area contributed by atoms with Gasteiger partial charge < -0.3 is 5.32 Å². The molecule has 0 aromatic carbocycles. The standard InChI is InChI=1S/C11H15N3O3S2/c1-7(2)10(17)8(15)5-12-9(16)6-13-14-3-4-19-11(14)18/h13H,1,3-6H2,2H3,(H,12,16). The maximum atomic E-state index is 11.5. The molecule has 19 heavy (non-hydrogen) atoms. The molecule has 0 saturated carbocycles. The maximum Gasteiger partial charge on any atom is 0.236 e. The van der Waals surface area contributed by atoms with Gasteiger partial charge >= 0.3 is 0 Å². The fourth-order valence-electron chi connectivity index (χ4n) is 1.26. The van der Waals surface area contributed by atoms with E-state index >= 15 is 0 Å². The number of nitrogens with one attached hydrogen (secondary N) is 2. The van der Waals surface area contributed by atoms with Crippen LogP contribution in [0.3, 0.4) is 0 Å². The van der Waals surface area contributed by atoms with Crippen LogP contribution >= 0.6 is 24.0 Å². The van der Waals surface area contributed by atoms with Gasteiger partial charge in [-0.1, -0.05) is 30.6 Å². The van der Waals surface area contributed by atoms with Crippen LogP contribution in [0.4, 0.5) is 0 Å². The van der Waals surface area contributed by atoms with Crippen molar-refractivity contribution in [3.05, 3.63) is 12.2 Å². The Morgan fingerprint density at radius 3 is 2.63 bits per heavy atom. The summed E-state index contributed by atoms with van der Waals surface area (Å²) in [6.07, 6.45) is 0. The Hall–Kier alpha value is -1.25. The number of ketones is 2. The number of thioether (sulfide) groups is 1. The predicted octanol–water partition coefficient (Wildman–Crippen LogP) is -0.345. The Morgan fingerprint density at radius 1 is 1.42 bits per heavy atom. The SMILES string of the molecule is C=C(C)C(=O)C(=O)CNC(=O)CNN1CCSC1=S. The number of hydrazine groups is 1. The minimum atomic E-state index is -0.673. The topological polar surface area (TPSA) is 78.5 Å². The van der Waals surface area contributed by atoms with Gasteiger partial charge in [0.15, 0.2) is 4.32 Å². The molecule has 8 heteroatoms. The van der Waals surface area contributed by atoms with Gasteiger partial charge in [-0.05, 0) is 12.5 Å². The molecular weight excluding hydrogens is 286 g/mol. The third-order valence-electron chi connectivity index (χ3n) is 2.28. The number of amides is 1. The smallest absolute Gasteiger partial charge is 0.236 e. The predicted molar refractivity (Wildman–Crippen MR) is 77.6 cm³/mol. The Kier molecular flexibility index (Phi) is 6.13. The molecule has 0 atom stereocenters. The van der Waals surface area contributed by atoms with Crippen molar-refractivity contribution in [3.63, 3.8) is 0 Å². The van der Waals surface area contributed by atoms with E-state index in [1.54, 1.807) is 5.01 Å². The molecule has 1 heterocycles. The highest BCUT2D eigenvalue weighted by Crippen LogP contribution is 2.14. The molecule has 0 spiro atoms. The molecule has 1 saturated heterocycles. The van der Waals surface area contributed by atoms with Crippen LogP contribution in [-0.2, 0) is 14.4 Å². The van der Waals surface area contributed by atoms with Gasteiger partial charge in [0.2, 0.25) is 17.5 Å². The summed E-state index contributed by atoms with van der Waals surface area (Å²) in [5, 5.41) is 4.08. The van der Waals surface area contributed by atoms with E-state index in [0.29, 0.717) is 4.32 Å². The van der Waals surface area contributed by atoms with E-state index in [-0.39, 0.29) is 24.6 Å². The highest BCUT2D eigenvalue weighted by molar-refractivity contribution is 8.23. The van der Waals surface area contributed by atoms with Crippen LogP contribution in [-0.4, -0.2) is 52.2 Å². The number of nitrogens with zero attached hydrogens (tertiary/aromatic N) is 1. The van der Waals surface area contributed by atoms with E-state index in [4.69, 9.17) is 12.2 Å². The average Bonchev–Trinajstić information content (AvgIpc) is 2.77. The number of carbonyl (C=O) groups excluding carboxylic acids is 3. The Morgan fingerprint density at radius 2 is 2.11 bits per heavy atom. The molecule has 104 valence electrons. The first-order chi connectivity index (χ1) is 8.91.